The summed E-state index contributed by atoms with van der Waals surface area (Å²) < 4.78 is 28.5. The molecule has 1 fully saturated rings. The van der Waals surface area contributed by atoms with E-state index < -0.39 is 10.0 Å². The number of rotatable bonds is 7. The molecule has 0 unspecified atom stereocenters. The summed E-state index contributed by atoms with van der Waals surface area (Å²) in [6, 6.07) is 17.4. The SMILES string of the molecule is Cc1cc(N2C(=S)N[C@@H](c3ccccn3)[C@H]2c2cc(C)n(Cc3cccnc3)c2C)ccc1NS(C)(=O)=O. The molecule has 10 heteroatoms. The predicted molar refractivity (Wildman–Crippen MR) is 155 cm³/mol. The topological polar surface area (TPSA) is 92.2 Å². The van der Waals surface area contributed by atoms with Gasteiger partial charge in [0.15, 0.2) is 5.11 Å². The maximum absolute atomic E-state index is 11.8. The number of aryl methyl sites for hydroxylation is 2. The number of hydrogen-bond donors (Lipinski definition) is 2. The normalized spacial score (nSPS) is 17.5. The molecule has 1 aromatic carbocycles. The fourth-order valence-corrected chi connectivity index (χ4v) is 6.08. The van der Waals surface area contributed by atoms with E-state index in [2.05, 4.69) is 55.5 Å². The summed E-state index contributed by atoms with van der Waals surface area (Å²) in [4.78, 5) is 11.0. The summed E-state index contributed by atoms with van der Waals surface area (Å²) in [7, 11) is -3.39. The summed E-state index contributed by atoms with van der Waals surface area (Å²) in [5.41, 5.74) is 7.67. The van der Waals surface area contributed by atoms with Gasteiger partial charge in [-0.05, 0) is 92.1 Å². The molecule has 5 rings (SSSR count). The first-order valence-corrected chi connectivity index (χ1v) is 14.6. The Morgan fingerprint density at radius 1 is 1.05 bits per heavy atom. The molecule has 0 radical (unpaired) electrons. The number of benzene rings is 1. The number of aromatic nitrogens is 3. The largest absolute Gasteiger partial charge is 0.351 e. The number of sulfonamides is 1. The second kappa shape index (κ2) is 10.2. The van der Waals surface area contributed by atoms with Crippen LogP contribution in [0.25, 0.3) is 0 Å². The van der Waals surface area contributed by atoms with E-state index in [0.29, 0.717) is 10.8 Å². The van der Waals surface area contributed by atoms with Crippen LogP contribution in [0.2, 0.25) is 0 Å². The predicted octanol–water partition coefficient (Wildman–Crippen LogP) is 4.80. The maximum atomic E-state index is 11.8. The first kappa shape index (κ1) is 25.9. The van der Waals surface area contributed by atoms with Crippen molar-refractivity contribution in [2.45, 2.75) is 39.4 Å². The Kier molecular flexibility index (Phi) is 6.93. The van der Waals surface area contributed by atoms with Crippen LogP contribution in [0.4, 0.5) is 11.4 Å². The lowest BCUT2D eigenvalue weighted by molar-refractivity contribution is 0.563. The number of pyridine rings is 2. The lowest BCUT2D eigenvalue weighted by atomic mass is 9.96. The van der Waals surface area contributed by atoms with Crippen molar-refractivity contribution in [3.63, 3.8) is 0 Å². The Morgan fingerprint density at radius 3 is 2.53 bits per heavy atom. The minimum Gasteiger partial charge on any atom is -0.351 e. The zero-order chi connectivity index (χ0) is 27.0. The molecular weight excluding hydrogens is 516 g/mol. The van der Waals surface area contributed by atoms with Gasteiger partial charge >= 0.3 is 0 Å². The van der Waals surface area contributed by atoms with Crippen molar-refractivity contribution in [1.82, 2.24) is 19.9 Å². The second-order valence-corrected chi connectivity index (χ2v) is 11.8. The van der Waals surface area contributed by atoms with Gasteiger partial charge in [-0.25, -0.2) is 8.42 Å². The fraction of sp³-hybridized carbons (Fsp3) is 0.250. The van der Waals surface area contributed by atoms with E-state index in [1.54, 1.807) is 18.5 Å². The van der Waals surface area contributed by atoms with Gasteiger partial charge in [-0.15, -0.1) is 0 Å². The quantitative estimate of drug-likeness (QED) is 0.322. The maximum Gasteiger partial charge on any atom is 0.229 e. The molecule has 1 aliphatic rings. The van der Waals surface area contributed by atoms with Crippen LogP contribution in [-0.4, -0.2) is 34.3 Å². The monoisotopic (exact) mass is 546 g/mol. The third kappa shape index (κ3) is 5.14. The average molecular weight is 547 g/mol. The molecule has 1 saturated heterocycles. The highest BCUT2D eigenvalue weighted by atomic mass is 32.2. The second-order valence-electron chi connectivity index (χ2n) is 9.64. The van der Waals surface area contributed by atoms with Crippen LogP contribution < -0.4 is 14.9 Å². The van der Waals surface area contributed by atoms with E-state index in [4.69, 9.17) is 12.2 Å². The Balaban J connectivity index is 1.60. The van der Waals surface area contributed by atoms with Crippen LogP contribution in [0.1, 0.15) is 45.9 Å². The molecule has 38 heavy (non-hydrogen) atoms. The van der Waals surface area contributed by atoms with Crippen molar-refractivity contribution in [2.24, 2.45) is 0 Å². The number of thiocarbonyl (C=S) groups is 1. The molecule has 0 bridgehead atoms. The van der Waals surface area contributed by atoms with Gasteiger partial charge in [-0.3, -0.25) is 14.7 Å². The lowest BCUT2D eigenvalue weighted by Gasteiger charge is -2.29. The zero-order valence-corrected chi connectivity index (χ0v) is 23.3. The molecule has 8 nitrogen and oxygen atoms in total. The molecule has 1 aliphatic heterocycles. The summed E-state index contributed by atoms with van der Waals surface area (Å²) in [6.07, 6.45) is 6.61. The molecule has 4 heterocycles. The van der Waals surface area contributed by atoms with Gasteiger partial charge in [-0.2, -0.15) is 0 Å². The van der Waals surface area contributed by atoms with Crippen LogP contribution >= 0.6 is 12.2 Å². The number of nitrogens with zero attached hydrogens (tertiary/aromatic N) is 4. The highest BCUT2D eigenvalue weighted by Crippen LogP contribution is 2.44. The van der Waals surface area contributed by atoms with Crippen LogP contribution in [0, 0.1) is 20.8 Å². The molecule has 2 atom stereocenters. The van der Waals surface area contributed by atoms with Gasteiger partial charge < -0.3 is 14.8 Å². The summed E-state index contributed by atoms with van der Waals surface area (Å²) in [5, 5.41) is 4.10. The van der Waals surface area contributed by atoms with Crippen molar-refractivity contribution in [2.75, 3.05) is 15.9 Å². The fourth-order valence-electron chi connectivity index (χ4n) is 5.11. The van der Waals surface area contributed by atoms with Crippen LogP contribution in [0.3, 0.4) is 0 Å². The van der Waals surface area contributed by atoms with Gasteiger partial charge in [0.25, 0.3) is 0 Å². The Hall–Kier alpha value is -3.76. The number of nitrogens with one attached hydrogen (secondary N) is 2. The Labute approximate surface area is 228 Å². The van der Waals surface area contributed by atoms with Crippen molar-refractivity contribution in [1.29, 1.82) is 0 Å². The van der Waals surface area contributed by atoms with Crippen molar-refractivity contribution in [3.05, 3.63) is 107 Å². The molecule has 0 spiro atoms. The van der Waals surface area contributed by atoms with Gasteiger partial charge in [0.2, 0.25) is 10.0 Å². The smallest absolute Gasteiger partial charge is 0.229 e. The molecule has 0 saturated carbocycles. The molecular formula is C28H30N6O2S2. The molecule has 0 amide bonds. The van der Waals surface area contributed by atoms with Crippen LogP contribution in [0.5, 0.6) is 0 Å². The summed E-state index contributed by atoms with van der Waals surface area (Å²) in [5.74, 6) is 0. The summed E-state index contributed by atoms with van der Waals surface area (Å²) >= 11 is 5.89. The van der Waals surface area contributed by atoms with Gasteiger partial charge in [0.05, 0.1) is 29.7 Å². The number of anilines is 2. The van der Waals surface area contributed by atoms with Gasteiger partial charge in [-0.1, -0.05) is 12.1 Å². The molecule has 4 aromatic rings. The molecule has 3 aromatic heterocycles. The Bertz CT molecular complexity index is 1590. The van der Waals surface area contributed by atoms with Crippen LogP contribution in [-0.2, 0) is 16.6 Å². The number of hydrogen-bond acceptors (Lipinski definition) is 5. The van der Waals surface area contributed by atoms with Crippen LogP contribution in [0.15, 0.2) is 73.2 Å². The Morgan fingerprint density at radius 2 is 1.87 bits per heavy atom. The van der Waals surface area contributed by atoms with E-state index in [1.165, 1.54) is 0 Å². The molecule has 0 aliphatic carbocycles. The minimum absolute atomic E-state index is 0.167. The third-order valence-corrected chi connectivity index (χ3v) is 7.78. The summed E-state index contributed by atoms with van der Waals surface area (Å²) in [6.45, 7) is 6.85. The molecule has 2 N–H and O–H groups in total. The van der Waals surface area contributed by atoms with E-state index in [9.17, 15) is 8.42 Å². The first-order chi connectivity index (χ1) is 18.1. The lowest BCUT2D eigenvalue weighted by Crippen LogP contribution is -2.29. The van der Waals surface area contributed by atoms with E-state index in [1.807, 2.05) is 49.5 Å². The van der Waals surface area contributed by atoms with E-state index >= 15 is 0 Å². The van der Waals surface area contributed by atoms with Gasteiger partial charge in [0, 0.05) is 42.2 Å². The van der Waals surface area contributed by atoms with Crippen molar-refractivity contribution < 1.29 is 8.42 Å². The van der Waals surface area contributed by atoms with E-state index in [-0.39, 0.29) is 12.1 Å². The average Bonchev–Trinajstić information content (AvgIpc) is 3.36. The highest BCUT2D eigenvalue weighted by molar-refractivity contribution is 7.92. The first-order valence-electron chi connectivity index (χ1n) is 12.3. The zero-order valence-electron chi connectivity index (χ0n) is 21.7. The highest BCUT2D eigenvalue weighted by Gasteiger charge is 2.42. The van der Waals surface area contributed by atoms with E-state index in [0.717, 1.165) is 52.3 Å². The van der Waals surface area contributed by atoms with Gasteiger partial charge in [0.1, 0.15) is 0 Å². The van der Waals surface area contributed by atoms with Crippen molar-refractivity contribution >= 4 is 38.7 Å². The molecule has 196 valence electrons. The standard InChI is InChI=1S/C28H30N6O2S2/c1-18-14-22(10-11-24(18)32-38(4,35)36)34-27(26(31-28(34)37)25-9-5-6-13-30-25)23-15-19(2)33(20(23)3)17-21-8-7-12-29-16-21/h5-16,26-27,32H,17H2,1-4H3,(H,31,37)/t26-,27+/m0/s1. The third-order valence-electron chi connectivity index (χ3n) is 6.88. The minimum atomic E-state index is -3.39. The van der Waals surface area contributed by atoms with Crippen molar-refractivity contribution in [3.8, 4) is 0 Å².